The highest BCUT2D eigenvalue weighted by atomic mass is 19.4. The Kier molecular flexibility index (Phi) is 8.97. The summed E-state index contributed by atoms with van der Waals surface area (Å²) in [6.07, 6.45) is -8.98. The van der Waals surface area contributed by atoms with Gasteiger partial charge in [0.2, 0.25) is 0 Å². The number of carbonyl (C=O) groups excluding carboxylic acids is 1. The average Bonchev–Trinajstić information content (AvgIpc) is 2.68. The molecule has 0 spiro atoms. The highest BCUT2D eigenvalue weighted by Gasteiger charge is 2.95. The Bertz CT molecular complexity index is 821. The molecule has 0 radical (unpaired) electrons. The van der Waals surface area contributed by atoms with Crippen molar-refractivity contribution < 1.29 is 89.3 Å². The van der Waals surface area contributed by atoms with Crippen molar-refractivity contribution >= 4 is 11.9 Å². The van der Waals surface area contributed by atoms with Crippen LogP contribution in [-0.4, -0.2) is 70.7 Å². The quantitative estimate of drug-likeness (QED) is 0.291. The highest BCUT2D eigenvalue weighted by molar-refractivity contribution is 5.89. The second kappa shape index (κ2) is 9.56. The van der Waals surface area contributed by atoms with Crippen molar-refractivity contribution in [1.82, 2.24) is 5.32 Å². The Labute approximate surface area is 187 Å². The van der Waals surface area contributed by atoms with E-state index in [0.717, 1.165) is 0 Å². The first-order valence-electron chi connectivity index (χ1n) is 8.79. The Morgan fingerprint density at radius 2 is 0.972 bits per heavy atom. The Morgan fingerprint density at radius 3 is 1.28 bits per heavy atom. The molecule has 1 atom stereocenters. The van der Waals surface area contributed by atoms with Crippen LogP contribution in [0.25, 0.3) is 0 Å². The molecular formula is C15H12F17NO3. The molecule has 0 fully saturated rings. The van der Waals surface area contributed by atoms with E-state index in [9.17, 15) is 84.2 Å². The Balaban J connectivity index is 6.64. The lowest BCUT2D eigenvalue weighted by Gasteiger charge is -2.42. The third kappa shape index (κ3) is 4.84. The number of amides is 1. The van der Waals surface area contributed by atoms with Crippen LogP contribution in [0.5, 0.6) is 0 Å². The lowest BCUT2D eigenvalue weighted by molar-refractivity contribution is -0.459. The second-order valence-corrected chi connectivity index (χ2v) is 7.03. The Hall–Kier alpha value is -2.25. The molecular weight excluding hydrogens is 565 g/mol. The van der Waals surface area contributed by atoms with Gasteiger partial charge >= 0.3 is 53.6 Å². The van der Waals surface area contributed by atoms with E-state index in [4.69, 9.17) is 5.11 Å². The molecule has 0 rings (SSSR count). The van der Waals surface area contributed by atoms with Crippen LogP contribution in [-0.2, 0) is 9.59 Å². The van der Waals surface area contributed by atoms with Crippen LogP contribution >= 0.6 is 0 Å². The number of carboxylic acid groups (broad SMARTS) is 1. The van der Waals surface area contributed by atoms with Crippen LogP contribution in [0.3, 0.4) is 0 Å². The number of carboxylic acids is 1. The number of rotatable bonds is 12. The van der Waals surface area contributed by atoms with Gasteiger partial charge in [-0.05, 0) is 6.42 Å². The van der Waals surface area contributed by atoms with Crippen LogP contribution < -0.4 is 5.32 Å². The van der Waals surface area contributed by atoms with E-state index in [1.54, 1.807) is 0 Å². The third-order valence-corrected chi connectivity index (χ3v) is 4.46. The highest BCUT2D eigenvalue weighted by Crippen LogP contribution is 2.63. The fourth-order valence-corrected chi connectivity index (χ4v) is 2.22. The fourth-order valence-electron chi connectivity index (χ4n) is 2.22. The Morgan fingerprint density at radius 1 is 0.639 bits per heavy atom. The topological polar surface area (TPSA) is 66.4 Å². The zero-order chi connectivity index (χ0) is 29.6. The van der Waals surface area contributed by atoms with Crippen molar-refractivity contribution in [3.8, 4) is 0 Å². The lowest BCUT2D eigenvalue weighted by atomic mass is 9.88. The number of carbonyl (C=O) groups is 2. The van der Waals surface area contributed by atoms with Crippen molar-refractivity contribution in [3.05, 3.63) is 0 Å². The minimum absolute atomic E-state index is 0.0440. The zero-order valence-corrected chi connectivity index (χ0v) is 16.9. The van der Waals surface area contributed by atoms with Gasteiger partial charge in [-0.3, -0.25) is 4.79 Å². The van der Waals surface area contributed by atoms with Gasteiger partial charge in [-0.25, -0.2) is 4.79 Å². The number of alkyl halides is 17. The molecule has 0 aliphatic rings. The molecule has 0 heterocycles. The van der Waals surface area contributed by atoms with Gasteiger partial charge in [0, 0.05) is 0 Å². The number of halogens is 17. The first-order valence-corrected chi connectivity index (χ1v) is 8.79. The van der Waals surface area contributed by atoms with Crippen molar-refractivity contribution in [1.29, 1.82) is 0 Å². The second-order valence-electron chi connectivity index (χ2n) is 7.03. The van der Waals surface area contributed by atoms with Crippen molar-refractivity contribution in [2.24, 2.45) is 0 Å². The van der Waals surface area contributed by atoms with Crippen LogP contribution in [0.2, 0.25) is 0 Å². The number of hydrogen-bond acceptors (Lipinski definition) is 2. The standard InChI is InChI=1S/C15H12F17NO3/c1-2-3-4-5(6(34)35)33-7(36)8(16,17)9(18,19)10(20,21)11(22,23)12(24,25)13(26,27)14(28,29)15(30,31)32/h5H,2-4H2,1H3,(H,33,36)(H,34,35)/t5-/m1/s1. The van der Waals surface area contributed by atoms with Gasteiger partial charge in [0.15, 0.2) is 0 Å². The number of nitrogens with one attached hydrogen (secondary N) is 1. The van der Waals surface area contributed by atoms with Crippen molar-refractivity contribution in [3.63, 3.8) is 0 Å². The number of unbranched alkanes of at least 4 members (excludes halogenated alkanes) is 1. The molecule has 0 saturated heterocycles. The molecule has 0 aromatic rings. The first-order chi connectivity index (χ1) is 15.5. The summed E-state index contributed by atoms with van der Waals surface area (Å²) in [5.74, 6) is -64.9. The monoisotopic (exact) mass is 577 g/mol. The molecule has 214 valence electrons. The molecule has 0 bridgehead atoms. The molecule has 0 aromatic carbocycles. The van der Waals surface area contributed by atoms with E-state index >= 15 is 0 Å². The summed E-state index contributed by atoms with van der Waals surface area (Å²) in [5.41, 5.74) is 0. The lowest BCUT2D eigenvalue weighted by Crippen LogP contribution is -2.75. The van der Waals surface area contributed by atoms with Gasteiger partial charge < -0.3 is 10.4 Å². The molecule has 4 nitrogen and oxygen atoms in total. The smallest absolute Gasteiger partial charge is 0.460 e. The molecule has 0 aliphatic carbocycles. The van der Waals surface area contributed by atoms with Gasteiger partial charge in [-0.1, -0.05) is 19.8 Å². The molecule has 1 amide bonds. The van der Waals surface area contributed by atoms with Gasteiger partial charge in [0.25, 0.3) is 5.91 Å². The number of hydrogen-bond donors (Lipinski definition) is 2. The maximum atomic E-state index is 13.7. The molecule has 0 saturated carbocycles. The summed E-state index contributed by atoms with van der Waals surface area (Å²) < 4.78 is 224. The van der Waals surface area contributed by atoms with E-state index in [-0.39, 0.29) is 12.8 Å². The molecule has 21 heteroatoms. The normalized spacial score (nSPS) is 16.1. The number of aliphatic carboxylic acids is 1. The van der Waals surface area contributed by atoms with Gasteiger partial charge in [-0.2, -0.15) is 74.6 Å². The van der Waals surface area contributed by atoms with Gasteiger partial charge in [0.05, 0.1) is 0 Å². The summed E-state index contributed by atoms with van der Waals surface area (Å²) >= 11 is 0. The molecule has 2 N–H and O–H groups in total. The van der Waals surface area contributed by atoms with E-state index in [2.05, 4.69) is 0 Å². The predicted molar refractivity (Wildman–Crippen MR) is 79.8 cm³/mol. The summed E-state index contributed by atoms with van der Waals surface area (Å²) in [5, 5.41) is 9.17. The fraction of sp³-hybridized carbons (Fsp3) is 0.867. The van der Waals surface area contributed by atoms with E-state index in [1.165, 1.54) is 6.92 Å². The van der Waals surface area contributed by atoms with Crippen LogP contribution in [0.1, 0.15) is 26.2 Å². The minimum atomic E-state index is -8.82. The average molecular weight is 577 g/mol. The SMILES string of the molecule is CCCC[C@@H](NC(=O)C(F)(F)C(F)(F)C(F)(F)C(F)(F)C(F)(F)C(F)(F)C(F)(F)C(F)(F)F)C(=O)O. The maximum Gasteiger partial charge on any atom is 0.460 e. The van der Waals surface area contributed by atoms with Gasteiger partial charge in [0.1, 0.15) is 6.04 Å². The van der Waals surface area contributed by atoms with Crippen molar-refractivity contribution in [2.45, 2.75) is 79.9 Å². The molecule has 0 aliphatic heterocycles. The summed E-state index contributed by atoms with van der Waals surface area (Å²) in [4.78, 5) is 22.1. The molecule has 0 unspecified atom stereocenters. The predicted octanol–water partition coefficient (Wildman–Crippen LogP) is 5.76. The molecule has 0 aromatic heterocycles. The van der Waals surface area contributed by atoms with Crippen LogP contribution in [0, 0.1) is 0 Å². The first kappa shape index (κ1) is 33.8. The third-order valence-electron chi connectivity index (χ3n) is 4.46. The maximum absolute atomic E-state index is 13.7. The zero-order valence-electron chi connectivity index (χ0n) is 16.9. The summed E-state index contributed by atoms with van der Waals surface area (Å²) in [7, 11) is 0. The van der Waals surface area contributed by atoms with Gasteiger partial charge in [-0.15, -0.1) is 0 Å². The van der Waals surface area contributed by atoms with Crippen LogP contribution in [0.4, 0.5) is 74.6 Å². The largest absolute Gasteiger partial charge is 0.480 e. The van der Waals surface area contributed by atoms with E-state index < -0.39 is 72.0 Å². The summed E-state index contributed by atoms with van der Waals surface area (Å²) in [6, 6.07) is -2.59. The van der Waals surface area contributed by atoms with Crippen molar-refractivity contribution in [2.75, 3.05) is 0 Å². The molecule has 36 heavy (non-hydrogen) atoms. The van der Waals surface area contributed by atoms with E-state index in [1.807, 2.05) is 0 Å². The minimum Gasteiger partial charge on any atom is -0.480 e. The van der Waals surface area contributed by atoms with E-state index in [0.29, 0.717) is 5.32 Å². The van der Waals surface area contributed by atoms with Crippen LogP contribution in [0.15, 0.2) is 0 Å². The summed E-state index contributed by atoms with van der Waals surface area (Å²) in [6.45, 7) is 1.32.